The summed E-state index contributed by atoms with van der Waals surface area (Å²) in [4.78, 5) is 0.0862. The third-order valence-corrected chi connectivity index (χ3v) is 4.21. The molecule has 1 rings (SSSR count). The van der Waals surface area contributed by atoms with E-state index in [0.29, 0.717) is 12.2 Å². The van der Waals surface area contributed by atoms with E-state index in [1.807, 2.05) is 34.6 Å². The molecule has 1 heterocycles. The Hall–Kier alpha value is -1.08. The predicted octanol–water partition coefficient (Wildman–Crippen LogP) is 1.46. The zero-order chi connectivity index (χ0) is 15.0. The molecule has 6 nitrogen and oxygen atoms in total. The quantitative estimate of drug-likeness (QED) is 0.877. The van der Waals surface area contributed by atoms with Gasteiger partial charge in [0, 0.05) is 6.54 Å². The van der Waals surface area contributed by atoms with Crippen molar-refractivity contribution in [3.63, 3.8) is 0 Å². The molecule has 0 atom stereocenters. The number of rotatable bonds is 4. The molecule has 0 aromatic carbocycles. The summed E-state index contributed by atoms with van der Waals surface area (Å²) in [6.45, 7) is 11.7. The van der Waals surface area contributed by atoms with Gasteiger partial charge in [0.15, 0.2) is 0 Å². The number of nitrogen functional groups attached to an aromatic ring is 1. The van der Waals surface area contributed by atoms with Crippen LogP contribution in [0.15, 0.2) is 4.90 Å². The van der Waals surface area contributed by atoms with Gasteiger partial charge in [0.05, 0.1) is 11.2 Å². The second kappa shape index (κ2) is 5.13. The van der Waals surface area contributed by atoms with Gasteiger partial charge in [-0.25, -0.2) is 17.8 Å². The van der Waals surface area contributed by atoms with Crippen molar-refractivity contribution < 1.29 is 8.42 Å². The molecule has 0 amide bonds. The highest BCUT2D eigenvalue weighted by molar-refractivity contribution is 7.89. The fourth-order valence-electron chi connectivity index (χ4n) is 1.72. The van der Waals surface area contributed by atoms with Crippen LogP contribution in [-0.4, -0.2) is 24.7 Å². The highest BCUT2D eigenvalue weighted by Crippen LogP contribution is 2.27. The lowest BCUT2D eigenvalue weighted by molar-refractivity contribution is 0.360. The molecular weight excluding hydrogens is 264 g/mol. The van der Waals surface area contributed by atoms with Crippen LogP contribution in [0.3, 0.4) is 0 Å². The fourth-order valence-corrected chi connectivity index (χ4v) is 3.21. The first-order valence-electron chi connectivity index (χ1n) is 6.32. The lowest BCUT2D eigenvalue weighted by Gasteiger charge is -2.20. The minimum absolute atomic E-state index is 0.0862. The molecule has 7 heteroatoms. The summed E-state index contributed by atoms with van der Waals surface area (Å²) in [5, 5.41) is 4.25. The zero-order valence-corrected chi connectivity index (χ0v) is 13.3. The molecule has 0 spiro atoms. The van der Waals surface area contributed by atoms with E-state index in [2.05, 4.69) is 9.82 Å². The highest BCUT2D eigenvalue weighted by atomic mass is 32.2. The first-order valence-corrected chi connectivity index (χ1v) is 7.80. The number of nitrogens with zero attached hydrogens (tertiary/aromatic N) is 2. The van der Waals surface area contributed by atoms with Crippen molar-refractivity contribution in [2.75, 3.05) is 12.3 Å². The number of hydrogen-bond donors (Lipinski definition) is 2. The van der Waals surface area contributed by atoms with E-state index in [1.54, 1.807) is 11.6 Å². The second-order valence-corrected chi connectivity index (χ2v) is 7.83. The number of sulfonamides is 1. The van der Waals surface area contributed by atoms with Crippen molar-refractivity contribution >= 4 is 15.8 Å². The normalized spacial score (nSPS) is 13.2. The van der Waals surface area contributed by atoms with E-state index < -0.39 is 10.0 Å². The van der Waals surface area contributed by atoms with E-state index in [1.165, 1.54) is 0 Å². The first kappa shape index (κ1) is 16.0. The second-order valence-electron chi connectivity index (χ2n) is 6.13. The molecule has 0 saturated carbocycles. The standard InChI is InChI=1S/C12H24N4O2S/c1-8(2)7-14-19(17,18)10-9(3)15-16(11(10)13)12(4,5)6/h8,14H,7,13H2,1-6H3. The van der Waals surface area contributed by atoms with Crippen LogP contribution in [0, 0.1) is 12.8 Å². The minimum Gasteiger partial charge on any atom is -0.383 e. The smallest absolute Gasteiger partial charge is 0.246 e. The number of hydrogen-bond acceptors (Lipinski definition) is 4. The van der Waals surface area contributed by atoms with Gasteiger partial charge in [-0.05, 0) is 33.6 Å². The van der Waals surface area contributed by atoms with Crippen molar-refractivity contribution in [2.45, 2.75) is 52.0 Å². The Labute approximate surface area is 115 Å². The Morgan fingerprint density at radius 2 is 1.89 bits per heavy atom. The number of aryl methyl sites for hydroxylation is 1. The van der Waals surface area contributed by atoms with Crippen LogP contribution in [0.1, 0.15) is 40.3 Å². The molecule has 0 aliphatic carbocycles. The van der Waals surface area contributed by atoms with Gasteiger partial charge in [0.2, 0.25) is 10.0 Å². The van der Waals surface area contributed by atoms with Crippen LogP contribution < -0.4 is 10.5 Å². The lowest BCUT2D eigenvalue weighted by atomic mass is 10.1. The van der Waals surface area contributed by atoms with E-state index in [-0.39, 0.29) is 22.2 Å². The van der Waals surface area contributed by atoms with Gasteiger partial charge >= 0.3 is 0 Å². The zero-order valence-electron chi connectivity index (χ0n) is 12.5. The highest BCUT2D eigenvalue weighted by Gasteiger charge is 2.29. The molecular formula is C12H24N4O2S. The molecule has 3 N–H and O–H groups in total. The summed E-state index contributed by atoms with van der Waals surface area (Å²) in [6.07, 6.45) is 0. The van der Waals surface area contributed by atoms with Crippen LogP contribution in [0.25, 0.3) is 0 Å². The van der Waals surface area contributed by atoms with Gasteiger partial charge in [0.1, 0.15) is 10.7 Å². The predicted molar refractivity (Wildman–Crippen MR) is 76.4 cm³/mol. The van der Waals surface area contributed by atoms with Crippen LogP contribution >= 0.6 is 0 Å². The van der Waals surface area contributed by atoms with Crippen LogP contribution in [0.5, 0.6) is 0 Å². The Kier molecular flexibility index (Phi) is 4.31. The topological polar surface area (TPSA) is 90.0 Å². The van der Waals surface area contributed by atoms with Crippen molar-refractivity contribution in [3.8, 4) is 0 Å². The van der Waals surface area contributed by atoms with Crippen LogP contribution in [0.4, 0.5) is 5.82 Å². The van der Waals surface area contributed by atoms with E-state index in [4.69, 9.17) is 5.73 Å². The monoisotopic (exact) mass is 288 g/mol. The summed E-state index contributed by atoms with van der Waals surface area (Å²) in [7, 11) is -3.61. The molecule has 0 saturated heterocycles. The van der Waals surface area contributed by atoms with E-state index in [9.17, 15) is 8.42 Å². The van der Waals surface area contributed by atoms with Crippen molar-refractivity contribution in [1.29, 1.82) is 0 Å². The van der Waals surface area contributed by atoms with Gasteiger partial charge < -0.3 is 5.73 Å². The molecule has 1 aromatic rings. The molecule has 0 aliphatic rings. The molecule has 110 valence electrons. The number of anilines is 1. The van der Waals surface area contributed by atoms with E-state index >= 15 is 0 Å². The Bertz CT molecular complexity index is 553. The largest absolute Gasteiger partial charge is 0.383 e. The summed E-state index contributed by atoms with van der Waals surface area (Å²) in [6, 6.07) is 0. The molecule has 0 fully saturated rings. The van der Waals surface area contributed by atoms with Gasteiger partial charge in [-0.2, -0.15) is 5.10 Å². The molecule has 0 unspecified atom stereocenters. The minimum atomic E-state index is -3.61. The molecule has 1 aromatic heterocycles. The molecule has 0 aliphatic heterocycles. The SMILES string of the molecule is Cc1nn(C(C)(C)C)c(N)c1S(=O)(=O)NCC(C)C. The fraction of sp³-hybridized carbons (Fsp3) is 0.750. The maximum atomic E-state index is 12.3. The lowest BCUT2D eigenvalue weighted by Crippen LogP contribution is -2.29. The van der Waals surface area contributed by atoms with Gasteiger partial charge in [-0.3, -0.25) is 0 Å². The van der Waals surface area contributed by atoms with Crippen LogP contribution in [-0.2, 0) is 15.6 Å². The summed E-state index contributed by atoms with van der Waals surface area (Å²) in [5.41, 5.74) is 6.02. The third kappa shape index (κ3) is 3.48. The summed E-state index contributed by atoms with van der Waals surface area (Å²) < 4.78 is 28.7. The average molecular weight is 288 g/mol. The maximum absolute atomic E-state index is 12.3. The average Bonchev–Trinajstić information content (AvgIpc) is 2.51. The van der Waals surface area contributed by atoms with Gasteiger partial charge in [-0.15, -0.1) is 0 Å². The van der Waals surface area contributed by atoms with Gasteiger partial charge in [-0.1, -0.05) is 13.8 Å². The number of nitrogens with two attached hydrogens (primary N) is 1. The molecule has 0 bridgehead atoms. The maximum Gasteiger partial charge on any atom is 0.246 e. The Morgan fingerprint density at radius 3 is 2.26 bits per heavy atom. The Balaban J connectivity index is 3.25. The molecule has 19 heavy (non-hydrogen) atoms. The van der Waals surface area contributed by atoms with Crippen molar-refractivity contribution in [2.24, 2.45) is 5.92 Å². The van der Waals surface area contributed by atoms with Gasteiger partial charge in [0.25, 0.3) is 0 Å². The first-order chi connectivity index (χ1) is 8.47. The van der Waals surface area contributed by atoms with Crippen molar-refractivity contribution in [3.05, 3.63) is 5.69 Å². The van der Waals surface area contributed by atoms with Crippen LogP contribution in [0.2, 0.25) is 0 Å². The summed E-state index contributed by atoms with van der Waals surface area (Å²) >= 11 is 0. The third-order valence-electron chi connectivity index (χ3n) is 2.63. The Morgan fingerprint density at radius 1 is 1.37 bits per heavy atom. The van der Waals surface area contributed by atoms with Crippen molar-refractivity contribution in [1.82, 2.24) is 14.5 Å². The summed E-state index contributed by atoms with van der Waals surface area (Å²) in [5.74, 6) is 0.412. The van der Waals surface area contributed by atoms with E-state index in [0.717, 1.165) is 0 Å². The molecule has 0 radical (unpaired) electrons. The number of aromatic nitrogens is 2. The number of nitrogens with one attached hydrogen (secondary N) is 1.